The SMILES string of the molecule is CCCc1cc(N)ccc1CN. The molecule has 0 unspecified atom stereocenters. The maximum Gasteiger partial charge on any atom is 0.0316 e. The number of nitrogen functional groups attached to an aromatic ring is 1. The Bertz CT molecular complexity index is 256. The molecule has 66 valence electrons. The molecule has 4 N–H and O–H groups in total. The maximum atomic E-state index is 5.67. The molecule has 0 aliphatic rings. The zero-order valence-corrected chi connectivity index (χ0v) is 7.51. The van der Waals surface area contributed by atoms with Crippen molar-refractivity contribution < 1.29 is 0 Å². The van der Waals surface area contributed by atoms with Crippen LogP contribution in [0.25, 0.3) is 0 Å². The van der Waals surface area contributed by atoms with Crippen LogP contribution in [0.2, 0.25) is 0 Å². The van der Waals surface area contributed by atoms with Crippen LogP contribution in [-0.4, -0.2) is 0 Å². The number of hydrogen-bond acceptors (Lipinski definition) is 2. The maximum absolute atomic E-state index is 5.67. The van der Waals surface area contributed by atoms with Crippen molar-refractivity contribution in [1.82, 2.24) is 0 Å². The van der Waals surface area contributed by atoms with Gasteiger partial charge in [-0.3, -0.25) is 0 Å². The molecule has 2 heteroatoms. The number of hydrogen-bond donors (Lipinski definition) is 2. The lowest BCUT2D eigenvalue weighted by Gasteiger charge is -2.06. The van der Waals surface area contributed by atoms with Gasteiger partial charge >= 0.3 is 0 Å². The first-order valence-electron chi connectivity index (χ1n) is 4.35. The van der Waals surface area contributed by atoms with E-state index < -0.39 is 0 Å². The van der Waals surface area contributed by atoms with Crippen LogP contribution in [0.5, 0.6) is 0 Å². The minimum absolute atomic E-state index is 0.607. The smallest absolute Gasteiger partial charge is 0.0316 e. The lowest BCUT2D eigenvalue weighted by atomic mass is 10.0. The summed E-state index contributed by atoms with van der Waals surface area (Å²) >= 11 is 0. The first-order chi connectivity index (χ1) is 5.77. The van der Waals surface area contributed by atoms with Crippen LogP contribution < -0.4 is 11.5 Å². The number of rotatable bonds is 3. The zero-order valence-electron chi connectivity index (χ0n) is 7.51. The number of aryl methyl sites for hydroxylation is 1. The summed E-state index contributed by atoms with van der Waals surface area (Å²) in [7, 11) is 0. The van der Waals surface area contributed by atoms with E-state index in [2.05, 4.69) is 6.92 Å². The van der Waals surface area contributed by atoms with Gasteiger partial charge < -0.3 is 11.5 Å². The summed E-state index contributed by atoms with van der Waals surface area (Å²) in [5, 5.41) is 0. The van der Waals surface area contributed by atoms with E-state index in [1.54, 1.807) is 0 Å². The zero-order chi connectivity index (χ0) is 8.97. The molecule has 0 aromatic heterocycles. The predicted molar refractivity (Wildman–Crippen MR) is 52.7 cm³/mol. The number of nitrogens with two attached hydrogens (primary N) is 2. The molecule has 0 aliphatic carbocycles. The topological polar surface area (TPSA) is 52.0 Å². The second kappa shape index (κ2) is 4.12. The normalized spacial score (nSPS) is 10.2. The molecule has 12 heavy (non-hydrogen) atoms. The van der Waals surface area contributed by atoms with E-state index >= 15 is 0 Å². The van der Waals surface area contributed by atoms with Crippen LogP contribution in [0.3, 0.4) is 0 Å². The largest absolute Gasteiger partial charge is 0.399 e. The molecule has 2 nitrogen and oxygen atoms in total. The van der Waals surface area contributed by atoms with Crippen molar-refractivity contribution in [2.75, 3.05) is 5.73 Å². The van der Waals surface area contributed by atoms with Crippen molar-refractivity contribution in [2.45, 2.75) is 26.3 Å². The summed E-state index contributed by atoms with van der Waals surface area (Å²) in [6, 6.07) is 5.94. The first kappa shape index (κ1) is 9.07. The minimum Gasteiger partial charge on any atom is -0.399 e. The molecule has 1 aromatic carbocycles. The molecule has 0 radical (unpaired) electrons. The van der Waals surface area contributed by atoms with Gasteiger partial charge in [0, 0.05) is 12.2 Å². The van der Waals surface area contributed by atoms with Crippen molar-refractivity contribution in [1.29, 1.82) is 0 Å². The molecule has 0 fully saturated rings. The van der Waals surface area contributed by atoms with Gasteiger partial charge in [-0.1, -0.05) is 19.4 Å². The van der Waals surface area contributed by atoms with Crippen LogP contribution in [-0.2, 0) is 13.0 Å². The third kappa shape index (κ3) is 1.98. The van der Waals surface area contributed by atoms with Gasteiger partial charge in [0.05, 0.1) is 0 Å². The van der Waals surface area contributed by atoms with E-state index in [4.69, 9.17) is 11.5 Å². The number of benzene rings is 1. The molecule has 0 heterocycles. The Labute approximate surface area is 73.6 Å². The molecule has 1 rings (SSSR count). The van der Waals surface area contributed by atoms with E-state index in [0.29, 0.717) is 6.54 Å². The van der Waals surface area contributed by atoms with Crippen LogP contribution in [0.1, 0.15) is 24.5 Å². The Balaban J connectivity index is 2.95. The van der Waals surface area contributed by atoms with E-state index in [9.17, 15) is 0 Å². The molecule has 0 aliphatic heterocycles. The number of anilines is 1. The third-order valence-corrected chi connectivity index (χ3v) is 1.97. The van der Waals surface area contributed by atoms with Gasteiger partial charge in [0.25, 0.3) is 0 Å². The Morgan fingerprint density at radius 3 is 2.58 bits per heavy atom. The standard InChI is InChI=1S/C10H16N2/c1-2-3-8-6-10(12)5-4-9(8)7-11/h4-6H,2-3,7,11-12H2,1H3. The first-order valence-corrected chi connectivity index (χ1v) is 4.35. The monoisotopic (exact) mass is 164 g/mol. The molecular weight excluding hydrogens is 148 g/mol. The fraction of sp³-hybridized carbons (Fsp3) is 0.400. The molecule has 1 aromatic rings. The van der Waals surface area contributed by atoms with E-state index in [1.807, 2.05) is 18.2 Å². The van der Waals surface area contributed by atoms with Gasteiger partial charge in [0.15, 0.2) is 0 Å². The average Bonchev–Trinajstić information content (AvgIpc) is 2.05. The highest BCUT2D eigenvalue weighted by Gasteiger charge is 1.99. The van der Waals surface area contributed by atoms with Gasteiger partial charge in [-0.2, -0.15) is 0 Å². The molecular formula is C10H16N2. The van der Waals surface area contributed by atoms with E-state index in [-0.39, 0.29) is 0 Å². The predicted octanol–water partition coefficient (Wildman–Crippen LogP) is 1.68. The molecule has 0 amide bonds. The highest BCUT2D eigenvalue weighted by atomic mass is 14.6. The van der Waals surface area contributed by atoms with Crippen molar-refractivity contribution in [3.63, 3.8) is 0 Å². The van der Waals surface area contributed by atoms with Gasteiger partial charge in [-0.25, -0.2) is 0 Å². The summed E-state index contributed by atoms with van der Waals surface area (Å²) in [4.78, 5) is 0. The van der Waals surface area contributed by atoms with Gasteiger partial charge in [-0.15, -0.1) is 0 Å². The summed E-state index contributed by atoms with van der Waals surface area (Å²) < 4.78 is 0. The summed E-state index contributed by atoms with van der Waals surface area (Å²) in [6.07, 6.45) is 2.20. The summed E-state index contributed by atoms with van der Waals surface area (Å²) in [6.45, 7) is 2.76. The summed E-state index contributed by atoms with van der Waals surface area (Å²) in [5.41, 5.74) is 14.6. The van der Waals surface area contributed by atoms with Crippen LogP contribution >= 0.6 is 0 Å². The molecule has 0 saturated carbocycles. The molecule has 0 atom stereocenters. The Morgan fingerprint density at radius 2 is 2.00 bits per heavy atom. The average molecular weight is 164 g/mol. The molecule has 0 spiro atoms. The fourth-order valence-electron chi connectivity index (χ4n) is 1.35. The summed E-state index contributed by atoms with van der Waals surface area (Å²) in [5.74, 6) is 0. The fourth-order valence-corrected chi connectivity index (χ4v) is 1.35. The highest BCUT2D eigenvalue weighted by molar-refractivity contribution is 5.44. The third-order valence-electron chi connectivity index (χ3n) is 1.97. The Hall–Kier alpha value is -1.02. The van der Waals surface area contributed by atoms with Crippen LogP contribution in [0.15, 0.2) is 18.2 Å². The van der Waals surface area contributed by atoms with Crippen molar-refractivity contribution in [2.24, 2.45) is 5.73 Å². The van der Waals surface area contributed by atoms with Gasteiger partial charge in [0.2, 0.25) is 0 Å². The second-order valence-corrected chi connectivity index (χ2v) is 2.98. The van der Waals surface area contributed by atoms with Crippen LogP contribution in [0.4, 0.5) is 5.69 Å². The highest BCUT2D eigenvalue weighted by Crippen LogP contribution is 2.14. The van der Waals surface area contributed by atoms with Gasteiger partial charge in [-0.05, 0) is 29.7 Å². The molecule has 0 saturated heterocycles. The minimum atomic E-state index is 0.607. The van der Waals surface area contributed by atoms with Gasteiger partial charge in [0.1, 0.15) is 0 Å². The van der Waals surface area contributed by atoms with Crippen molar-refractivity contribution in [3.05, 3.63) is 29.3 Å². The lowest BCUT2D eigenvalue weighted by molar-refractivity contribution is 0.894. The lowest BCUT2D eigenvalue weighted by Crippen LogP contribution is -2.02. The van der Waals surface area contributed by atoms with Crippen LogP contribution in [0, 0.1) is 0 Å². The van der Waals surface area contributed by atoms with E-state index in [0.717, 1.165) is 18.5 Å². The molecule has 0 bridgehead atoms. The van der Waals surface area contributed by atoms with Crippen molar-refractivity contribution >= 4 is 5.69 Å². The quantitative estimate of drug-likeness (QED) is 0.668. The second-order valence-electron chi connectivity index (χ2n) is 2.98. The van der Waals surface area contributed by atoms with Crippen molar-refractivity contribution in [3.8, 4) is 0 Å². The van der Waals surface area contributed by atoms with E-state index in [1.165, 1.54) is 11.1 Å². The Morgan fingerprint density at radius 1 is 1.25 bits per heavy atom. The Kier molecular flexibility index (Phi) is 3.11.